The van der Waals surface area contributed by atoms with E-state index < -0.39 is 12.0 Å². The van der Waals surface area contributed by atoms with Crippen molar-refractivity contribution in [2.75, 3.05) is 5.32 Å². The molecule has 0 saturated carbocycles. The molecule has 110 valence electrons. The molecule has 0 aliphatic rings. The normalized spacial score (nSPS) is 10.2. The minimum absolute atomic E-state index is 0.0717. The van der Waals surface area contributed by atoms with Crippen molar-refractivity contribution in [3.8, 4) is 0 Å². The topological polar surface area (TPSA) is 78.4 Å². The Balaban J connectivity index is 2.03. The SMILES string of the molecule is Cc1ccc(NC(=O)NCc2sccc2Br)c(C(=O)O)c1. The van der Waals surface area contributed by atoms with Crippen molar-refractivity contribution >= 4 is 45.0 Å². The van der Waals surface area contributed by atoms with Crippen LogP contribution in [0.3, 0.4) is 0 Å². The van der Waals surface area contributed by atoms with Gasteiger partial charge in [-0.1, -0.05) is 11.6 Å². The highest BCUT2D eigenvalue weighted by Crippen LogP contribution is 2.22. The third kappa shape index (κ3) is 4.05. The van der Waals surface area contributed by atoms with Crippen LogP contribution in [0.15, 0.2) is 34.1 Å². The van der Waals surface area contributed by atoms with E-state index >= 15 is 0 Å². The maximum absolute atomic E-state index is 11.9. The Kier molecular flexibility index (Phi) is 4.98. The summed E-state index contributed by atoms with van der Waals surface area (Å²) in [6.07, 6.45) is 0. The number of carbonyl (C=O) groups excluding carboxylic acids is 1. The summed E-state index contributed by atoms with van der Waals surface area (Å²) >= 11 is 4.91. The summed E-state index contributed by atoms with van der Waals surface area (Å²) in [4.78, 5) is 24.0. The number of aromatic carboxylic acids is 1. The summed E-state index contributed by atoms with van der Waals surface area (Å²) in [7, 11) is 0. The molecule has 3 N–H and O–H groups in total. The molecule has 0 radical (unpaired) electrons. The molecule has 2 amide bonds. The first-order valence-corrected chi connectivity index (χ1v) is 7.75. The van der Waals surface area contributed by atoms with E-state index in [1.807, 2.05) is 11.4 Å². The van der Waals surface area contributed by atoms with Crippen LogP contribution in [0.1, 0.15) is 20.8 Å². The number of carboxylic acids is 1. The quantitative estimate of drug-likeness (QED) is 0.766. The summed E-state index contributed by atoms with van der Waals surface area (Å²) in [5.74, 6) is -1.07. The van der Waals surface area contributed by atoms with Gasteiger partial charge in [-0.2, -0.15) is 0 Å². The lowest BCUT2D eigenvalue weighted by Gasteiger charge is -2.10. The van der Waals surface area contributed by atoms with Gasteiger partial charge >= 0.3 is 12.0 Å². The minimum Gasteiger partial charge on any atom is -0.478 e. The van der Waals surface area contributed by atoms with Crippen molar-refractivity contribution in [2.24, 2.45) is 0 Å². The summed E-state index contributed by atoms with van der Waals surface area (Å²) in [5, 5.41) is 16.3. The number of aryl methyl sites for hydroxylation is 1. The summed E-state index contributed by atoms with van der Waals surface area (Å²) in [6.45, 7) is 2.17. The fourth-order valence-electron chi connectivity index (χ4n) is 1.72. The Morgan fingerprint density at radius 2 is 2.10 bits per heavy atom. The van der Waals surface area contributed by atoms with E-state index in [2.05, 4.69) is 26.6 Å². The zero-order valence-electron chi connectivity index (χ0n) is 11.1. The molecule has 0 bridgehead atoms. The number of hydrogen-bond donors (Lipinski definition) is 3. The Bertz CT molecular complexity index is 685. The lowest BCUT2D eigenvalue weighted by molar-refractivity contribution is 0.0698. The van der Waals surface area contributed by atoms with E-state index in [9.17, 15) is 9.59 Å². The Morgan fingerprint density at radius 3 is 2.71 bits per heavy atom. The third-order valence-corrected chi connectivity index (χ3v) is 4.68. The molecule has 0 saturated heterocycles. The average Bonchev–Trinajstić information content (AvgIpc) is 2.84. The monoisotopic (exact) mass is 368 g/mol. The van der Waals surface area contributed by atoms with Crippen LogP contribution in [0.5, 0.6) is 0 Å². The van der Waals surface area contributed by atoms with Crippen LogP contribution in [-0.4, -0.2) is 17.1 Å². The van der Waals surface area contributed by atoms with Crippen LogP contribution in [0.25, 0.3) is 0 Å². The second-order valence-corrected chi connectivity index (χ2v) is 6.21. The van der Waals surface area contributed by atoms with Crippen LogP contribution in [0.2, 0.25) is 0 Å². The third-order valence-electron chi connectivity index (χ3n) is 2.75. The number of carboxylic acid groups (broad SMARTS) is 1. The number of hydrogen-bond acceptors (Lipinski definition) is 3. The lowest BCUT2D eigenvalue weighted by atomic mass is 10.1. The predicted molar refractivity (Wildman–Crippen MR) is 86.0 cm³/mol. The molecule has 1 heterocycles. The van der Waals surface area contributed by atoms with Crippen molar-refractivity contribution in [1.29, 1.82) is 0 Å². The number of benzene rings is 1. The van der Waals surface area contributed by atoms with Crippen molar-refractivity contribution < 1.29 is 14.7 Å². The van der Waals surface area contributed by atoms with Crippen molar-refractivity contribution in [3.63, 3.8) is 0 Å². The fraction of sp³-hybridized carbons (Fsp3) is 0.143. The van der Waals surface area contributed by atoms with Gasteiger partial charge in [0.05, 0.1) is 17.8 Å². The maximum atomic E-state index is 11.9. The maximum Gasteiger partial charge on any atom is 0.337 e. The molecule has 1 aromatic heterocycles. The first kappa shape index (κ1) is 15.5. The predicted octanol–water partition coefficient (Wildman–Crippen LogP) is 3.84. The molecule has 0 aliphatic heterocycles. The van der Waals surface area contributed by atoms with Crippen LogP contribution >= 0.6 is 27.3 Å². The highest BCUT2D eigenvalue weighted by Gasteiger charge is 2.13. The number of halogens is 1. The van der Waals surface area contributed by atoms with Crippen LogP contribution < -0.4 is 10.6 Å². The number of amides is 2. The number of thiophene rings is 1. The number of rotatable bonds is 4. The van der Waals surface area contributed by atoms with E-state index in [0.29, 0.717) is 6.54 Å². The molecular formula is C14H13BrN2O3S. The van der Waals surface area contributed by atoms with Crippen molar-refractivity contribution in [2.45, 2.75) is 13.5 Å². The molecule has 0 unspecified atom stereocenters. The molecule has 0 atom stereocenters. The largest absolute Gasteiger partial charge is 0.478 e. The molecule has 5 nitrogen and oxygen atoms in total. The standard InChI is InChI=1S/C14H13BrN2O3S/c1-8-2-3-11(9(6-8)13(18)19)17-14(20)16-7-12-10(15)4-5-21-12/h2-6H,7H2,1H3,(H,18,19)(H2,16,17,20). The van der Waals surface area contributed by atoms with E-state index in [1.54, 1.807) is 19.1 Å². The average molecular weight is 369 g/mol. The molecule has 7 heteroatoms. The number of anilines is 1. The van der Waals surface area contributed by atoms with Gasteiger partial charge in [0.25, 0.3) is 0 Å². The lowest BCUT2D eigenvalue weighted by Crippen LogP contribution is -2.28. The fourth-order valence-corrected chi connectivity index (χ4v) is 3.15. The molecule has 21 heavy (non-hydrogen) atoms. The van der Waals surface area contributed by atoms with E-state index in [4.69, 9.17) is 5.11 Å². The van der Waals surface area contributed by atoms with Crippen LogP contribution in [0, 0.1) is 6.92 Å². The first-order chi connectivity index (χ1) is 9.97. The molecule has 0 spiro atoms. The van der Waals surface area contributed by atoms with Gasteiger partial charge in [-0.15, -0.1) is 11.3 Å². The smallest absolute Gasteiger partial charge is 0.337 e. The summed E-state index contributed by atoms with van der Waals surface area (Å²) in [5.41, 5.74) is 1.17. The van der Waals surface area contributed by atoms with Gasteiger partial charge in [0.2, 0.25) is 0 Å². The van der Waals surface area contributed by atoms with E-state index in [0.717, 1.165) is 14.9 Å². The van der Waals surface area contributed by atoms with Gasteiger partial charge in [-0.3, -0.25) is 0 Å². The van der Waals surface area contributed by atoms with Gasteiger partial charge in [0, 0.05) is 9.35 Å². The Labute approximate surface area is 134 Å². The van der Waals surface area contributed by atoms with Gasteiger partial charge in [0.15, 0.2) is 0 Å². The van der Waals surface area contributed by atoms with Gasteiger partial charge < -0.3 is 15.7 Å². The summed E-state index contributed by atoms with van der Waals surface area (Å²) in [6, 6.07) is 6.31. The highest BCUT2D eigenvalue weighted by molar-refractivity contribution is 9.10. The van der Waals surface area contributed by atoms with Crippen LogP contribution in [-0.2, 0) is 6.54 Å². The minimum atomic E-state index is -1.07. The summed E-state index contributed by atoms with van der Waals surface area (Å²) < 4.78 is 0.939. The molecule has 0 fully saturated rings. The van der Waals surface area contributed by atoms with E-state index in [-0.39, 0.29) is 11.3 Å². The molecule has 2 rings (SSSR count). The molecular weight excluding hydrogens is 356 g/mol. The zero-order valence-corrected chi connectivity index (χ0v) is 13.5. The molecule has 1 aromatic carbocycles. The van der Waals surface area contributed by atoms with Gasteiger partial charge in [-0.25, -0.2) is 9.59 Å². The Hall–Kier alpha value is -1.86. The van der Waals surface area contributed by atoms with Crippen molar-refractivity contribution in [1.82, 2.24) is 5.32 Å². The zero-order chi connectivity index (χ0) is 15.4. The van der Waals surface area contributed by atoms with Crippen molar-refractivity contribution in [3.05, 3.63) is 50.1 Å². The molecule has 0 aliphatic carbocycles. The van der Waals surface area contributed by atoms with Crippen LogP contribution in [0.4, 0.5) is 10.5 Å². The number of nitrogens with one attached hydrogen (secondary N) is 2. The Morgan fingerprint density at radius 1 is 1.33 bits per heavy atom. The van der Waals surface area contributed by atoms with Gasteiger partial charge in [-0.05, 0) is 46.4 Å². The van der Waals surface area contributed by atoms with Gasteiger partial charge in [0.1, 0.15) is 0 Å². The molecule has 2 aromatic rings. The number of carbonyl (C=O) groups is 2. The first-order valence-electron chi connectivity index (χ1n) is 6.08. The van der Waals surface area contributed by atoms with E-state index in [1.165, 1.54) is 17.4 Å². The highest BCUT2D eigenvalue weighted by atomic mass is 79.9. The number of urea groups is 1. The second kappa shape index (κ2) is 6.73. The second-order valence-electron chi connectivity index (χ2n) is 4.35.